The van der Waals surface area contributed by atoms with Gasteiger partial charge in [-0.3, -0.25) is 0 Å². The predicted molar refractivity (Wildman–Crippen MR) is 146 cm³/mol. The highest BCUT2D eigenvalue weighted by Crippen LogP contribution is 2.02. The molecule has 7 heteroatoms. The van der Waals surface area contributed by atoms with Gasteiger partial charge in [-0.05, 0) is 49.7 Å². The first-order valence-electron chi connectivity index (χ1n) is 12.5. The molecule has 0 radical (unpaired) electrons. The second-order valence-electron chi connectivity index (χ2n) is 7.67. The molecule has 2 aromatic carbocycles. The van der Waals surface area contributed by atoms with Crippen LogP contribution >= 0.6 is 15.9 Å². The average Bonchev–Trinajstić information content (AvgIpc) is 2.91. The molecule has 0 heterocycles. The van der Waals surface area contributed by atoms with Gasteiger partial charge in [-0.15, -0.1) is 0 Å². The van der Waals surface area contributed by atoms with Gasteiger partial charge in [0.05, 0.1) is 13.2 Å². The first kappa shape index (κ1) is 33.7. The van der Waals surface area contributed by atoms with Crippen LogP contribution in [-0.2, 0) is 27.4 Å². The normalized spacial score (nSPS) is 10.2. The largest absolute Gasteiger partial charge is 0.396 e. The van der Waals surface area contributed by atoms with E-state index in [4.69, 9.17) is 29.5 Å². The van der Waals surface area contributed by atoms with E-state index in [1.807, 2.05) is 36.4 Å². The summed E-state index contributed by atoms with van der Waals surface area (Å²) in [6.07, 6.45) is 5.19. The van der Waals surface area contributed by atoms with Gasteiger partial charge in [0.15, 0.2) is 0 Å². The standard InChI is InChI=1S/C14H22O3.C10H13BrO.C4H10O2/c15-9-4-5-10-16-11-6-12-17-13-14-7-2-1-3-8-14;11-7-4-8-12-9-10-5-2-1-3-6-10;5-3-1-2-4-6/h1-3,7-8,15H,4-6,9-13H2;1-3,5-6H,4,7-9H2;5-6H,1-4H2. The molecule has 35 heavy (non-hydrogen) atoms. The topological polar surface area (TPSA) is 88.4 Å². The zero-order valence-corrected chi connectivity index (χ0v) is 22.6. The fraction of sp³-hybridized carbons (Fsp3) is 0.571. The van der Waals surface area contributed by atoms with Crippen molar-refractivity contribution in [2.45, 2.75) is 51.7 Å². The van der Waals surface area contributed by atoms with Gasteiger partial charge in [-0.1, -0.05) is 76.6 Å². The van der Waals surface area contributed by atoms with E-state index in [0.29, 0.717) is 6.61 Å². The first-order chi connectivity index (χ1) is 17.3. The lowest BCUT2D eigenvalue weighted by molar-refractivity contribution is 0.0731. The van der Waals surface area contributed by atoms with E-state index < -0.39 is 0 Å². The van der Waals surface area contributed by atoms with Gasteiger partial charge in [-0.2, -0.15) is 0 Å². The molecular formula is C28H45BrO6. The molecule has 3 N–H and O–H groups in total. The summed E-state index contributed by atoms with van der Waals surface area (Å²) in [5.41, 5.74) is 2.45. The lowest BCUT2D eigenvalue weighted by atomic mass is 10.2. The molecule has 0 bridgehead atoms. The van der Waals surface area contributed by atoms with Crippen molar-refractivity contribution in [1.82, 2.24) is 0 Å². The summed E-state index contributed by atoms with van der Waals surface area (Å²) in [4.78, 5) is 0. The number of benzene rings is 2. The Bertz CT molecular complexity index is 626. The number of hydrogen-bond donors (Lipinski definition) is 3. The Morgan fingerprint density at radius 2 is 0.886 bits per heavy atom. The molecule has 6 nitrogen and oxygen atoms in total. The number of halogens is 1. The number of hydrogen-bond acceptors (Lipinski definition) is 6. The van der Waals surface area contributed by atoms with Crippen molar-refractivity contribution >= 4 is 15.9 Å². The summed E-state index contributed by atoms with van der Waals surface area (Å²) >= 11 is 3.36. The molecule has 0 fully saturated rings. The number of aliphatic hydroxyl groups is 3. The van der Waals surface area contributed by atoms with Crippen molar-refractivity contribution in [3.05, 3.63) is 71.8 Å². The molecule has 0 saturated heterocycles. The van der Waals surface area contributed by atoms with Gasteiger partial charge in [-0.25, -0.2) is 0 Å². The van der Waals surface area contributed by atoms with E-state index in [-0.39, 0.29) is 19.8 Å². The van der Waals surface area contributed by atoms with Crippen LogP contribution in [0, 0.1) is 0 Å². The Balaban J connectivity index is 0.000000557. The van der Waals surface area contributed by atoms with E-state index in [9.17, 15) is 0 Å². The van der Waals surface area contributed by atoms with E-state index >= 15 is 0 Å². The molecule has 2 aromatic rings. The Labute approximate surface area is 220 Å². The zero-order valence-electron chi connectivity index (χ0n) is 21.0. The van der Waals surface area contributed by atoms with Crippen molar-refractivity contribution in [3.8, 4) is 0 Å². The molecule has 200 valence electrons. The SMILES string of the molecule is BrCCCOCc1ccccc1.OCCCCO.OCCCCOCCCOCc1ccccc1. The molecule has 0 saturated carbocycles. The van der Waals surface area contributed by atoms with Crippen molar-refractivity contribution in [2.24, 2.45) is 0 Å². The fourth-order valence-electron chi connectivity index (χ4n) is 2.59. The second kappa shape index (κ2) is 28.9. The highest BCUT2D eigenvalue weighted by atomic mass is 79.9. The maximum Gasteiger partial charge on any atom is 0.0716 e. The smallest absolute Gasteiger partial charge is 0.0716 e. The highest BCUT2D eigenvalue weighted by molar-refractivity contribution is 9.09. The monoisotopic (exact) mass is 556 g/mol. The number of aliphatic hydroxyl groups excluding tert-OH is 3. The number of alkyl halides is 1. The van der Waals surface area contributed by atoms with Crippen LogP contribution in [0.4, 0.5) is 0 Å². The van der Waals surface area contributed by atoms with Crippen LogP contribution < -0.4 is 0 Å². The van der Waals surface area contributed by atoms with Crippen LogP contribution in [0.15, 0.2) is 60.7 Å². The summed E-state index contributed by atoms with van der Waals surface area (Å²) in [5.74, 6) is 0. The van der Waals surface area contributed by atoms with Crippen molar-refractivity contribution in [1.29, 1.82) is 0 Å². The van der Waals surface area contributed by atoms with Gasteiger partial charge < -0.3 is 29.5 Å². The lowest BCUT2D eigenvalue weighted by Gasteiger charge is -2.05. The maximum atomic E-state index is 8.57. The summed E-state index contributed by atoms with van der Waals surface area (Å²) < 4.78 is 16.4. The van der Waals surface area contributed by atoms with E-state index in [0.717, 1.165) is 76.9 Å². The Morgan fingerprint density at radius 3 is 1.34 bits per heavy atom. The molecule has 0 spiro atoms. The molecule has 2 rings (SSSR count). The summed E-state index contributed by atoms with van der Waals surface area (Å²) in [6.45, 7) is 5.08. The van der Waals surface area contributed by atoms with Gasteiger partial charge >= 0.3 is 0 Å². The van der Waals surface area contributed by atoms with E-state index in [1.54, 1.807) is 0 Å². The molecule has 0 aliphatic heterocycles. The van der Waals surface area contributed by atoms with Gasteiger partial charge in [0.1, 0.15) is 0 Å². The van der Waals surface area contributed by atoms with E-state index in [1.165, 1.54) is 11.1 Å². The second-order valence-corrected chi connectivity index (χ2v) is 8.46. The zero-order chi connectivity index (χ0) is 25.7. The lowest BCUT2D eigenvalue weighted by Crippen LogP contribution is -2.02. The van der Waals surface area contributed by atoms with E-state index in [2.05, 4.69) is 40.2 Å². The summed E-state index contributed by atoms with van der Waals surface area (Å²) in [6, 6.07) is 20.4. The van der Waals surface area contributed by atoms with Crippen LogP contribution in [0.5, 0.6) is 0 Å². The third-order valence-corrected chi connectivity index (χ3v) is 5.05. The van der Waals surface area contributed by atoms with Crippen molar-refractivity contribution < 1.29 is 29.5 Å². The number of rotatable bonds is 18. The van der Waals surface area contributed by atoms with Crippen molar-refractivity contribution in [2.75, 3.05) is 51.6 Å². The Hall–Kier alpha value is -1.32. The van der Waals surface area contributed by atoms with Crippen LogP contribution in [-0.4, -0.2) is 66.9 Å². The molecule has 0 aromatic heterocycles. The minimum atomic E-state index is 0.195. The highest BCUT2D eigenvalue weighted by Gasteiger charge is 1.93. The summed E-state index contributed by atoms with van der Waals surface area (Å²) in [7, 11) is 0. The van der Waals surface area contributed by atoms with Crippen LogP contribution in [0.3, 0.4) is 0 Å². The molecule has 0 amide bonds. The van der Waals surface area contributed by atoms with Crippen LogP contribution in [0.25, 0.3) is 0 Å². The van der Waals surface area contributed by atoms with Gasteiger partial charge in [0.25, 0.3) is 0 Å². The third-order valence-electron chi connectivity index (χ3n) is 4.49. The maximum absolute atomic E-state index is 8.57. The third kappa shape index (κ3) is 25.6. The fourth-order valence-corrected chi connectivity index (χ4v) is 2.82. The number of unbranched alkanes of at least 4 members (excludes halogenated alkanes) is 2. The van der Waals surface area contributed by atoms with Crippen LogP contribution in [0.1, 0.15) is 49.7 Å². The van der Waals surface area contributed by atoms with Crippen molar-refractivity contribution in [3.63, 3.8) is 0 Å². The van der Waals surface area contributed by atoms with Crippen LogP contribution in [0.2, 0.25) is 0 Å². The minimum absolute atomic E-state index is 0.195. The predicted octanol–water partition coefficient (Wildman–Crippen LogP) is 5.12. The van der Waals surface area contributed by atoms with Gasteiger partial charge in [0, 0.05) is 51.6 Å². The van der Waals surface area contributed by atoms with Gasteiger partial charge in [0.2, 0.25) is 0 Å². The quantitative estimate of drug-likeness (QED) is 0.174. The number of ether oxygens (including phenoxy) is 3. The molecule has 0 atom stereocenters. The Kier molecular flexibility index (Phi) is 27.8. The molecule has 0 aliphatic carbocycles. The molecule has 0 aliphatic rings. The Morgan fingerprint density at radius 1 is 0.486 bits per heavy atom. The first-order valence-corrected chi connectivity index (χ1v) is 13.6. The summed E-state index contributed by atoms with van der Waals surface area (Å²) in [5, 5.41) is 25.8. The molecular weight excluding hydrogens is 512 g/mol. The molecule has 0 unspecified atom stereocenters. The minimum Gasteiger partial charge on any atom is -0.396 e. The average molecular weight is 558 g/mol.